The summed E-state index contributed by atoms with van der Waals surface area (Å²) in [4.78, 5) is 35.9. The first kappa shape index (κ1) is 13.5. The van der Waals surface area contributed by atoms with E-state index < -0.39 is 17.3 Å². The number of nitrogens with zero attached hydrogens (tertiary/aromatic N) is 1. The second-order valence-corrected chi connectivity index (χ2v) is 4.34. The Morgan fingerprint density at radius 1 is 1.41 bits per heavy atom. The van der Waals surface area contributed by atoms with Gasteiger partial charge in [0.25, 0.3) is 0 Å². The molecule has 0 aromatic rings. The zero-order chi connectivity index (χ0) is 13.1. The predicted octanol–water partition coefficient (Wildman–Crippen LogP) is -0.466. The van der Waals surface area contributed by atoms with Gasteiger partial charge in [-0.05, 0) is 20.3 Å². The summed E-state index contributed by atoms with van der Waals surface area (Å²) < 4.78 is 4.64. The lowest BCUT2D eigenvalue weighted by Crippen LogP contribution is -2.42. The molecule has 1 atom stereocenters. The maximum absolute atomic E-state index is 11.7. The number of hydrogen-bond acceptors (Lipinski definition) is 4. The van der Waals surface area contributed by atoms with Crippen molar-refractivity contribution in [2.24, 2.45) is 5.41 Å². The molecule has 0 bridgehead atoms. The number of esters is 1. The highest BCUT2D eigenvalue weighted by atomic mass is 16.5. The molecule has 1 rings (SSSR count). The number of ether oxygens (including phenoxy) is 1. The zero-order valence-corrected chi connectivity index (χ0v) is 10.4. The Bertz CT molecular complexity index is 342. The van der Waals surface area contributed by atoms with Crippen molar-refractivity contribution in [3.63, 3.8) is 0 Å². The van der Waals surface area contributed by atoms with Gasteiger partial charge in [0.1, 0.15) is 0 Å². The lowest BCUT2D eigenvalue weighted by atomic mass is 9.89. The summed E-state index contributed by atoms with van der Waals surface area (Å²) in [6.45, 7) is 4.26. The first-order chi connectivity index (χ1) is 7.94. The van der Waals surface area contributed by atoms with E-state index >= 15 is 0 Å². The van der Waals surface area contributed by atoms with Crippen molar-refractivity contribution in [1.29, 1.82) is 0 Å². The van der Waals surface area contributed by atoms with Crippen LogP contribution in [0.1, 0.15) is 20.3 Å². The molecule has 96 valence electrons. The van der Waals surface area contributed by atoms with Gasteiger partial charge >= 0.3 is 11.9 Å². The fourth-order valence-electron chi connectivity index (χ4n) is 1.94. The molecule has 1 heterocycles. The molecule has 1 fully saturated rings. The molecule has 6 heteroatoms. The quantitative estimate of drug-likeness (QED) is 0.525. The molecule has 1 N–H and O–H groups in total. The number of carbonyl (C=O) groups excluding carboxylic acids is 3. The Morgan fingerprint density at radius 3 is 2.59 bits per heavy atom. The molecular weight excluding hydrogens is 224 g/mol. The summed E-state index contributed by atoms with van der Waals surface area (Å²) in [7, 11) is 1.56. The van der Waals surface area contributed by atoms with E-state index in [9.17, 15) is 14.4 Å². The zero-order valence-electron chi connectivity index (χ0n) is 10.4. The number of likely N-dealkylation sites (tertiary alicyclic amines) is 1. The minimum atomic E-state index is -0.853. The van der Waals surface area contributed by atoms with Gasteiger partial charge in [-0.3, -0.25) is 9.59 Å². The second kappa shape index (κ2) is 5.16. The molecule has 1 aliphatic heterocycles. The van der Waals surface area contributed by atoms with Crippen LogP contribution >= 0.6 is 0 Å². The second-order valence-electron chi connectivity index (χ2n) is 4.34. The van der Waals surface area contributed by atoms with E-state index in [0.29, 0.717) is 13.0 Å². The molecule has 1 aliphatic rings. The Kier molecular flexibility index (Phi) is 4.09. The van der Waals surface area contributed by atoms with E-state index in [1.54, 1.807) is 20.9 Å². The highest BCUT2D eigenvalue weighted by molar-refractivity contribution is 6.32. The number of rotatable bonds is 2. The predicted molar refractivity (Wildman–Crippen MR) is 60.0 cm³/mol. The molecule has 0 radical (unpaired) electrons. The number of nitrogens with one attached hydrogen (secondary N) is 1. The van der Waals surface area contributed by atoms with E-state index in [-0.39, 0.29) is 19.1 Å². The molecule has 0 spiro atoms. The van der Waals surface area contributed by atoms with Gasteiger partial charge in [0, 0.05) is 20.1 Å². The third-order valence-corrected chi connectivity index (χ3v) is 2.99. The van der Waals surface area contributed by atoms with Crippen molar-refractivity contribution in [3.8, 4) is 0 Å². The van der Waals surface area contributed by atoms with Gasteiger partial charge in [0.2, 0.25) is 5.91 Å². The van der Waals surface area contributed by atoms with E-state index in [1.165, 1.54) is 4.90 Å². The van der Waals surface area contributed by atoms with Gasteiger partial charge in [-0.2, -0.15) is 0 Å². The average molecular weight is 242 g/mol. The lowest BCUT2D eigenvalue weighted by Gasteiger charge is -2.22. The van der Waals surface area contributed by atoms with Crippen LogP contribution in [0.5, 0.6) is 0 Å². The summed E-state index contributed by atoms with van der Waals surface area (Å²) >= 11 is 0. The molecule has 1 saturated heterocycles. The van der Waals surface area contributed by atoms with Crippen LogP contribution in [0.4, 0.5) is 0 Å². The molecule has 0 aromatic carbocycles. The van der Waals surface area contributed by atoms with Gasteiger partial charge in [-0.1, -0.05) is 0 Å². The van der Waals surface area contributed by atoms with E-state index in [4.69, 9.17) is 0 Å². The van der Waals surface area contributed by atoms with Crippen molar-refractivity contribution in [1.82, 2.24) is 10.2 Å². The largest absolute Gasteiger partial charge is 0.459 e. The van der Waals surface area contributed by atoms with Gasteiger partial charge in [-0.15, -0.1) is 0 Å². The Balaban J connectivity index is 2.64. The first-order valence-corrected chi connectivity index (χ1v) is 5.63. The number of hydrogen-bond donors (Lipinski definition) is 1. The third kappa shape index (κ3) is 2.75. The number of amides is 2. The van der Waals surface area contributed by atoms with Crippen LogP contribution in [0.15, 0.2) is 0 Å². The van der Waals surface area contributed by atoms with Crippen LogP contribution in [-0.4, -0.2) is 49.4 Å². The lowest BCUT2D eigenvalue weighted by molar-refractivity contribution is -0.159. The monoisotopic (exact) mass is 242 g/mol. The van der Waals surface area contributed by atoms with Crippen molar-refractivity contribution in [2.75, 3.05) is 26.7 Å². The third-order valence-electron chi connectivity index (χ3n) is 2.99. The highest BCUT2D eigenvalue weighted by Crippen LogP contribution is 2.30. The molecule has 6 nitrogen and oxygen atoms in total. The molecule has 17 heavy (non-hydrogen) atoms. The minimum absolute atomic E-state index is 0.114. The molecule has 2 amide bonds. The number of carbonyl (C=O) groups is 3. The molecule has 1 unspecified atom stereocenters. The van der Waals surface area contributed by atoms with Crippen LogP contribution in [-0.2, 0) is 19.1 Å². The first-order valence-electron chi connectivity index (χ1n) is 5.63. The van der Waals surface area contributed by atoms with E-state index in [2.05, 4.69) is 10.1 Å². The van der Waals surface area contributed by atoms with Crippen LogP contribution in [0.3, 0.4) is 0 Å². The Hall–Kier alpha value is -1.59. The summed E-state index contributed by atoms with van der Waals surface area (Å²) in [6, 6.07) is 0. The maximum Gasteiger partial charge on any atom is 0.397 e. The molecule has 0 aromatic heterocycles. The van der Waals surface area contributed by atoms with Crippen LogP contribution in [0.25, 0.3) is 0 Å². The SMILES string of the molecule is CCOC(=O)C(=O)N1CCC(C)(C(=O)NC)C1. The summed E-state index contributed by atoms with van der Waals surface area (Å²) in [5, 5.41) is 2.57. The van der Waals surface area contributed by atoms with Crippen LogP contribution < -0.4 is 5.32 Å². The van der Waals surface area contributed by atoms with E-state index in [0.717, 1.165) is 0 Å². The van der Waals surface area contributed by atoms with Gasteiger partial charge in [0.15, 0.2) is 0 Å². The summed E-state index contributed by atoms with van der Waals surface area (Å²) in [5.41, 5.74) is -0.614. The minimum Gasteiger partial charge on any atom is -0.459 e. The van der Waals surface area contributed by atoms with E-state index in [1.807, 2.05) is 0 Å². The molecule has 0 aliphatic carbocycles. The fourth-order valence-corrected chi connectivity index (χ4v) is 1.94. The van der Waals surface area contributed by atoms with Crippen molar-refractivity contribution in [3.05, 3.63) is 0 Å². The standard InChI is InChI=1S/C11H18N2O4/c1-4-17-9(15)8(14)13-6-5-11(2,7-13)10(16)12-3/h4-7H2,1-3H3,(H,12,16). The Morgan fingerprint density at radius 2 is 2.06 bits per heavy atom. The fraction of sp³-hybridized carbons (Fsp3) is 0.727. The van der Waals surface area contributed by atoms with Gasteiger partial charge in [-0.25, -0.2) is 4.79 Å². The Labute approximate surface area is 100 Å². The smallest absolute Gasteiger partial charge is 0.397 e. The van der Waals surface area contributed by atoms with Crippen LogP contribution in [0.2, 0.25) is 0 Å². The van der Waals surface area contributed by atoms with Gasteiger partial charge in [0.05, 0.1) is 12.0 Å². The highest BCUT2D eigenvalue weighted by Gasteiger charge is 2.43. The summed E-state index contributed by atoms with van der Waals surface area (Å²) in [5.74, 6) is -1.63. The maximum atomic E-state index is 11.7. The normalized spacial score (nSPS) is 23.4. The van der Waals surface area contributed by atoms with Crippen molar-refractivity contribution < 1.29 is 19.1 Å². The van der Waals surface area contributed by atoms with Crippen LogP contribution in [0, 0.1) is 5.41 Å². The average Bonchev–Trinajstić information content (AvgIpc) is 2.71. The van der Waals surface area contributed by atoms with Crippen molar-refractivity contribution >= 4 is 17.8 Å². The van der Waals surface area contributed by atoms with Gasteiger partial charge < -0.3 is 15.0 Å². The molecular formula is C11H18N2O4. The summed E-state index contributed by atoms with van der Waals surface area (Å²) in [6.07, 6.45) is 0.553. The van der Waals surface area contributed by atoms with Crippen molar-refractivity contribution in [2.45, 2.75) is 20.3 Å². The topological polar surface area (TPSA) is 75.7 Å². The molecule has 0 saturated carbocycles.